The SMILES string of the molecule is CC(C)CC1(N2C[C@@H]3[C@H](C2)[C@H]3c2cc(-c3cnc(N)c(OC(F)(F)F)c3)nn2C(C)C)COC1. The van der Waals surface area contributed by atoms with Gasteiger partial charge in [0.05, 0.1) is 24.4 Å². The molecule has 0 aromatic carbocycles. The van der Waals surface area contributed by atoms with E-state index in [2.05, 4.69) is 42.3 Å². The maximum absolute atomic E-state index is 12.8. The van der Waals surface area contributed by atoms with E-state index in [9.17, 15) is 13.2 Å². The first-order valence-corrected chi connectivity index (χ1v) is 11.9. The van der Waals surface area contributed by atoms with Gasteiger partial charge in [-0.05, 0) is 50.2 Å². The molecule has 10 heteroatoms. The average Bonchev–Trinajstić information content (AvgIpc) is 3.05. The van der Waals surface area contributed by atoms with Gasteiger partial charge in [-0.1, -0.05) is 13.8 Å². The molecule has 3 aliphatic rings. The number of nitrogens with zero attached hydrogens (tertiary/aromatic N) is 4. The maximum atomic E-state index is 12.8. The molecule has 0 unspecified atom stereocenters. The number of alkyl halides is 3. The lowest BCUT2D eigenvalue weighted by molar-refractivity contribution is -0.274. The molecular weight excluding hydrogens is 447 g/mol. The van der Waals surface area contributed by atoms with Crippen LogP contribution in [0, 0.1) is 17.8 Å². The fourth-order valence-electron chi connectivity index (χ4n) is 5.89. The van der Waals surface area contributed by atoms with E-state index in [4.69, 9.17) is 15.6 Å². The van der Waals surface area contributed by atoms with Crippen LogP contribution in [0.4, 0.5) is 19.0 Å². The number of likely N-dealkylation sites (tertiary alicyclic amines) is 1. The number of nitrogen functional groups attached to an aromatic ring is 1. The minimum atomic E-state index is -4.84. The molecule has 7 nitrogen and oxygen atoms in total. The highest BCUT2D eigenvalue weighted by Crippen LogP contribution is 2.60. The fraction of sp³-hybridized carbons (Fsp3) is 0.667. The number of anilines is 1. The first kappa shape index (κ1) is 23.4. The lowest BCUT2D eigenvalue weighted by atomic mass is 9.85. The summed E-state index contributed by atoms with van der Waals surface area (Å²) in [5.41, 5.74) is 7.94. The average molecular weight is 480 g/mol. The summed E-state index contributed by atoms with van der Waals surface area (Å²) in [6, 6.07) is 3.38. The van der Waals surface area contributed by atoms with E-state index < -0.39 is 12.1 Å². The van der Waals surface area contributed by atoms with E-state index >= 15 is 0 Å². The fourth-order valence-corrected chi connectivity index (χ4v) is 5.89. The van der Waals surface area contributed by atoms with E-state index in [-0.39, 0.29) is 17.4 Å². The summed E-state index contributed by atoms with van der Waals surface area (Å²) in [4.78, 5) is 6.53. The van der Waals surface area contributed by atoms with Crippen molar-refractivity contribution in [2.45, 2.75) is 58.0 Å². The monoisotopic (exact) mass is 479 g/mol. The third-order valence-electron chi connectivity index (χ3n) is 7.39. The molecule has 2 N–H and O–H groups in total. The number of hydrogen-bond acceptors (Lipinski definition) is 6. The summed E-state index contributed by atoms with van der Waals surface area (Å²) in [5.74, 6) is 1.35. The molecule has 2 aliphatic heterocycles. The third-order valence-corrected chi connectivity index (χ3v) is 7.39. The summed E-state index contributed by atoms with van der Waals surface area (Å²) in [6.45, 7) is 12.4. The largest absolute Gasteiger partial charge is 0.573 e. The van der Waals surface area contributed by atoms with Crippen molar-refractivity contribution in [3.63, 3.8) is 0 Å². The van der Waals surface area contributed by atoms with Gasteiger partial charge in [-0.15, -0.1) is 13.2 Å². The van der Waals surface area contributed by atoms with Crippen molar-refractivity contribution in [1.29, 1.82) is 0 Å². The van der Waals surface area contributed by atoms with Crippen molar-refractivity contribution in [3.8, 4) is 17.0 Å². The number of fused-ring (bicyclic) bond motifs is 1. The van der Waals surface area contributed by atoms with Gasteiger partial charge in [0.15, 0.2) is 11.6 Å². The van der Waals surface area contributed by atoms with Crippen LogP contribution in [-0.4, -0.2) is 57.9 Å². The minimum absolute atomic E-state index is 0.126. The normalized spacial score (nSPS) is 26.1. The van der Waals surface area contributed by atoms with E-state index in [0.29, 0.717) is 34.9 Å². The molecule has 0 bridgehead atoms. The third kappa shape index (κ3) is 4.15. The minimum Gasteiger partial charge on any atom is -0.402 e. The molecule has 1 saturated carbocycles. The summed E-state index contributed by atoms with van der Waals surface area (Å²) in [7, 11) is 0. The van der Waals surface area contributed by atoms with Gasteiger partial charge in [-0.2, -0.15) is 5.10 Å². The van der Waals surface area contributed by atoms with E-state index in [0.717, 1.165) is 38.4 Å². The van der Waals surface area contributed by atoms with Gasteiger partial charge in [0.2, 0.25) is 0 Å². The number of halogens is 3. The van der Waals surface area contributed by atoms with Crippen LogP contribution >= 0.6 is 0 Å². The van der Waals surface area contributed by atoms with Crippen LogP contribution in [0.15, 0.2) is 18.3 Å². The number of piperidine rings is 1. The lowest BCUT2D eigenvalue weighted by Gasteiger charge is -2.50. The van der Waals surface area contributed by atoms with Crippen molar-refractivity contribution in [2.24, 2.45) is 17.8 Å². The number of nitrogens with two attached hydrogens (primary N) is 1. The quantitative estimate of drug-likeness (QED) is 0.632. The Morgan fingerprint density at radius 3 is 2.38 bits per heavy atom. The Morgan fingerprint density at radius 1 is 1.18 bits per heavy atom. The highest BCUT2D eigenvalue weighted by Gasteiger charge is 2.61. The number of pyridine rings is 1. The van der Waals surface area contributed by atoms with Crippen LogP contribution in [0.25, 0.3) is 11.3 Å². The lowest BCUT2D eigenvalue weighted by Crippen LogP contribution is -2.62. The molecule has 0 radical (unpaired) electrons. The summed E-state index contributed by atoms with van der Waals surface area (Å²) in [6.07, 6.45) is -2.25. The van der Waals surface area contributed by atoms with Gasteiger partial charge in [0, 0.05) is 42.5 Å². The summed E-state index contributed by atoms with van der Waals surface area (Å²) >= 11 is 0. The van der Waals surface area contributed by atoms with Crippen molar-refractivity contribution < 1.29 is 22.6 Å². The summed E-state index contributed by atoms with van der Waals surface area (Å²) < 4.78 is 49.9. The molecule has 2 aromatic rings. The Morgan fingerprint density at radius 2 is 1.85 bits per heavy atom. The predicted octanol–water partition coefficient (Wildman–Crippen LogP) is 4.47. The second kappa shape index (κ2) is 8.12. The summed E-state index contributed by atoms with van der Waals surface area (Å²) in [5, 5.41) is 4.74. The Bertz CT molecular complexity index is 1050. The molecule has 0 spiro atoms. The molecule has 1 aliphatic carbocycles. The topological polar surface area (TPSA) is 78.4 Å². The highest BCUT2D eigenvalue weighted by atomic mass is 19.4. The van der Waals surface area contributed by atoms with Gasteiger partial charge in [-0.25, -0.2) is 4.98 Å². The second-order valence-corrected chi connectivity index (χ2v) is 10.7. The van der Waals surface area contributed by atoms with Crippen LogP contribution in [0.3, 0.4) is 0 Å². The molecule has 2 aromatic heterocycles. The van der Waals surface area contributed by atoms with Crippen molar-refractivity contribution in [1.82, 2.24) is 19.7 Å². The zero-order valence-electron chi connectivity index (χ0n) is 20.0. The Labute approximate surface area is 197 Å². The highest BCUT2D eigenvalue weighted by molar-refractivity contribution is 5.64. The van der Waals surface area contributed by atoms with Gasteiger partial charge in [0.25, 0.3) is 0 Å². The van der Waals surface area contributed by atoms with E-state index in [1.807, 2.05) is 10.7 Å². The van der Waals surface area contributed by atoms with Gasteiger partial charge in [-0.3, -0.25) is 9.58 Å². The standard InChI is InChI=1S/C24H32F3N5O2/c1-13(2)7-23(11-33-12-23)31-9-16-17(10-31)21(16)19-6-18(30-32(19)14(3)4)15-5-20(22(28)29-8-15)34-24(25,26)27/h5-6,8,13-14,16-17,21H,7,9-12H2,1-4H3,(H2,28,29)/t16-,17+,21+. The van der Waals surface area contributed by atoms with Crippen molar-refractivity contribution in [3.05, 3.63) is 24.0 Å². The predicted molar refractivity (Wildman–Crippen MR) is 121 cm³/mol. The van der Waals surface area contributed by atoms with E-state index in [1.54, 1.807) is 0 Å². The molecule has 2 saturated heterocycles. The Balaban J connectivity index is 1.37. The van der Waals surface area contributed by atoms with Crippen molar-refractivity contribution in [2.75, 3.05) is 32.0 Å². The van der Waals surface area contributed by atoms with Crippen LogP contribution in [0.5, 0.6) is 5.75 Å². The first-order chi connectivity index (χ1) is 16.0. The molecule has 3 atom stereocenters. The molecule has 4 heterocycles. The molecule has 5 rings (SSSR count). The smallest absolute Gasteiger partial charge is 0.402 e. The van der Waals surface area contributed by atoms with Gasteiger partial charge in [0.1, 0.15) is 0 Å². The molecular formula is C24H32F3N5O2. The zero-order valence-corrected chi connectivity index (χ0v) is 20.0. The molecule has 34 heavy (non-hydrogen) atoms. The number of ether oxygens (including phenoxy) is 2. The second-order valence-electron chi connectivity index (χ2n) is 10.7. The Hall–Kier alpha value is -2.33. The molecule has 3 fully saturated rings. The molecule has 186 valence electrons. The van der Waals surface area contributed by atoms with Gasteiger partial charge < -0.3 is 15.2 Å². The maximum Gasteiger partial charge on any atom is 0.573 e. The molecule has 0 amide bonds. The van der Waals surface area contributed by atoms with E-state index in [1.165, 1.54) is 12.3 Å². The number of rotatable bonds is 7. The van der Waals surface area contributed by atoms with Crippen LogP contribution in [0.2, 0.25) is 0 Å². The first-order valence-electron chi connectivity index (χ1n) is 11.9. The zero-order chi connectivity index (χ0) is 24.4. The van der Waals surface area contributed by atoms with Crippen LogP contribution in [0.1, 0.15) is 51.8 Å². The van der Waals surface area contributed by atoms with Crippen LogP contribution in [-0.2, 0) is 4.74 Å². The number of hydrogen-bond donors (Lipinski definition) is 1. The van der Waals surface area contributed by atoms with Crippen LogP contribution < -0.4 is 10.5 Å². The number of aromatic nitrogens is 3. The van der Waals surface area contributed by atoms with Gasteiger partial charge >= 0.3 is 6.36 Å². The van der Waals surface area contributed by atoms with Crippen molar-refractivity contribution >= 4 is 5.82 Å². The Kier molecular flexibility index (Phi) is 5.59.